The third-order valence-electron chi connectivity index (χ3n) is 5.65. The Hall–Kier alpha value is -1.63. The molecule has 0 N–H and O–H groups in total. The Morgan fingerprint density at radius 1 is 0.906 bits per heavy atom. The Bertz CT molecular complexity index is 813. The van der Waals surface area contributed by atoms with E-state index >= 15 is 0 Å². The van der Waals surface area contributed by atoms with Crippen LogP contribution in [0.3, 0.4) is 0 Å². The second kappa shape index (κ2) is 13.8. The number of halogens is 3. The minimum absolute atomic E-state index is 0. The van der Waals surface area contributed by atoms with Crippen LogP contribution in [0.5, 0.6) is 5.75 Å². The Kier molecular flexibility index (Phi) is 11.5. The molecule has 0 saturated carbocycles. The molecule has 2 aromatic rings. The number of ether oxygens (including phenoxy) is 3. The van der Waals surface area contributed by atoms with Crippen LogP contribution in [0.2, 0.25) is 5.02 Å². The van der Waals surface area contributed by atoms with Crippen molar-refractivity contribution in [3.05, 3.63) is 77.2 Å². The van der Waals surface area contributed by atoms with Gasteiger partial charge in [0.05, 0.1) is 0 Å². The maximum absolute atomic E-state index is 5.92. The molecule has 1 unspecified atom stereocenters. The van der Waals surface area contributed by atoms with Crippen molar-refractivity contribution < 1.29 is 14.2 Å². The van der Waals surface area contributed by atoms with Crippen molar-refractivity contribution in [2.24, 2.45) is 5.92 Å². The monoisotopic (exact) mass is 500 g/mol. The van der Waals surface area contributed by atoms with Crippen molar-refractivity contribution in [3.63, 3.8) is 0 Å². The summed E-state index contributed by atoms with van der Waals surface area (Å²) in [4.78, 5) is 5.00. The molecule has 1 atom stereocenters. The highest BCUT2D eigenvalue weighted by Crippen LogP contribution is 2.24. The summed E-state index contributed by atoms with van der Waals surface area (Å²) in [6, 6.07) is 18.2. The van der Waals surface area contributed by atoms with Crippen molar-refractivity contribution in [2.45, 2.75) is 6.42 Å². The van der Waals surface area contributed by atoms with Crippen LogP contribution in [0.1, 0.15) is 5.56 Å². The van der Waals surface area contributed by atoms with Crippen LogP contribution < -0.4 is 4.74 Å². The van der Waals surface area contributed by atoms with Gasteiger partial charge < -0.3 is 19.1 Å². The first-order valence-electron chi connectivity index (χ1n) is 10.6. The van der Waals surface area contributed by atoms with E-state index < -0.39 is 0 Å². The maximum atomic E-state index is 5.92. The Balaban J connectivity index is 0.00000181. The summed E-state index contributed by atoms with van der Waals surface area (Å²) in [6.45, 7) is 7.17. The van der Waals surface area contributed by atoms with E-state index in [0.29, 0.717) is 19.3 Å². The Labute approximate surface area is 208 Å². The zero-order valence-corrected chi connectivity index (χ0v) is 20.4. The molecule has 4 rings (SSSR count). The van der Waals surface area contributed by atoms with E-state index in [9.17, 15) is 0 Å². The predicted octanol–water partition coefficient (Wildman–Crippen LogP) is 4.88. The van der Waals surface area contributed by atoms with Crippen LogP contribution in [0.4, 0.5) is 0 Å². The number of rotatable bonds is 9. The molecule has 0 spiro atoms. The van der Waals surface area contributed by atoms with Gasteiger partial charge in [0.1, 0.15) is 24.4 Å². The topological polar surface area (TPSA) is 34.2 Å². The van der Waals surface area contributed by atoms with Crippen LogP contribution in [-0.4, -0.2) is 62.5 Å². The maximum Gasteiger partial charge on any atom is 0.229 e. The van der Waals surface area contributed by atoms with Gasteiger partial charge in [0.2, 0.25) is 6.79 Å². The summed E-state index contributed by atoms with van der Waals surface area (Å²) in [5.41, 5.74) is 1.33. The third kappa shape index (κ3) is 8.05. The zero-order chi connectivity index (χ0) is 20.6. The standard InChI is InChI=1S/C24H29ClN2O3.2ClH/c25-22-6-8-23(9-7-22)29-15-14-26-10-12-27(13-11-26)17-21(24-18-28-19-30-24)16-20-4-2-1-3-5-20;;/h1-9,18,21H,10-17,19H2;2*1H. The fraction of sp³-hybridized carbons (Fsp3) is 0.417. The van der Waals surface area contributed by atoms with E-state index in [1.165, 1.54) is 5.56 Å². The number of nitrogens with zero attached hydrogens (tertiary/aromatic N) is 2. The number of piperazine rings is 1. The lowest BCUT2D eigenvalue weighted by Crippen LogP contribution is -2.49. The number of hydrogen-bond donors (Lipinski definition) is 0. The molecular weight excluding hydrogens is 471 g/mol. The van der Waals surface area contributed by atoms with Gasteiger partial charge in [0, 0.05) is 50.2 Å². The summed E-state index contributed by atoms with van der Waals surface area (Å²) < 4.78 is 16.9. The zero-order valence-electron chi connectivity index (χ0n) is 18.0. The van der Waals surface area contributed by atoms with Crippen molar-refractivity contribution in [3.8, 4) is 5.75 Å². The molecule has 8 heteroatoms. The molecule has 0 radical (unpaired) electrons. The van der Waals surface area contributed by atoms with Crippen molar-refractivity contribution in [2.75, 3.05) is 52.7 Å². The first kappa shape index (κ1) is 26.6. The second-order valence-electron chi connectivity index (χ2n) is 7.78. The molecule has 5 nitrogen and oxygen atoms in total. The van der Waals surface area contributed by atoms with Crippen molar-refractivity contribution in [1.82, 2.24) is 9.80 Å². The highest BCUT2D eigenvalue weighted by molar-refractivity contribution is 6.30. The lowest BCUT2D eigenvalue weighted by molar-refractivity contribution is 0.0601. The Morgan fingerprint density at radius 3 is 2.25 bits per heavy atom. The molecule has 32 heavy (non-hydrogen) atoms. The van der Waals surface area contributed by atoms with Gasteiger partial charge in [-0.3, -0.25) is 4.90 Å². The molecule has 0 aliphatic carbocycles. The fourth-order valence-electron chi connectivity index (χ4n) is 3.95. The quantitative estimate of drug-likeness (QED) is 0.489. The van der Waals surface area contributed by atoms with Crippen LogP contribution in [0.25, 0.3) is 0 Å². The number of hydrogen-bond acceptors (Lipinski definition) is 5. The van der Waals surface area contributed by atoms with E-state index in [1.807, 2.05) is 24.3 Å². The third-order valence-corrected chi connectivity index (χ3v) is 5.91. The fourth-order valence-corrected chi connectivity index (χ4v) is 4.08. The Morgan fingerprint density at radius 2 is 1.59 bits per heavy atom. The smallest absolute Gasteiger partial charge is 0.229 e. The van der Waals surface area contributed by atoms with E-state index in [-0.39, 0.29) is 24.8 Å². The van der Waals surface area contributed by atoms with Gasteiger partial charge >= 0.3 is 0 Å². The van der Waals surface area contributed by atoms with Gasteiger partial charge in [-0.05, 0) is 36.2 Å². The molecule has 2 aliphatic rings. The average Bonchev–Trinajstić information content (AvgIpc) is 3.32. The highest BCUT2D eigenvalue weighted by Gasteiger charge is 2.25. The lowest BCUT2D eigenvalue weighted by Gasteiger charge is -2.36. The lowest BCUT2D eigenvalue weighted by atomic mass is 9.96. The molecule has 1 saturated heterocycles. The van der Waals surface area contributed by atoms with Gasteiger partial charge in [-0.25, -0.2) is 0 Å². The molecule has 0 bridgehead atoms. The van der Waals surface area contributed by atoms with Crippen molar-refractivity contribution >= 4 is 36.4 Å². The summed E-state index contributed by atoms with van der Waals surface area (Å²) in [5, 5.41) is 0.731. The first-order valence-corrected chi connectivity index (χ1v) is 11.0. The average molecular weight is 502 g/mol. The normalized spacial score (nSPS) is 17.2. The van der Waals surface area contributed by atoms with Gasteiger partial charge in [0.15, 0.2) is 0 Å². The molecule has 176 valence electrons. The number of benzene rings is 2. The predicted molar refractivity (Wildman–Crippen MR) is 133 cm³/mol. The minimum Gasteiger partial charge on any atom is -0.492 e. The van der Waals surface area contributed by atoms with E-state index in [0.717, 1.165) is 62.2 Å². The summed E-state index contributed by atoms with van der Waals surface area (Å²) in [7, 11) is 0. The minimum atomic E-state index is 0. The van der Waals surface area contributed by atoms with Crippen LogP contribution in [0, 0.1) is 5.92 Å². The SMILES string of the molecule is Cl.Cl.Clc1ccc(OCCN2CCN(CC(Cc3ccccc3)C3=COCO3)CC2)cc1. The van der Waals surface area contributed by atoms with E-state index in [1.54, 1.807) is 6.26 Å². The van der Waals surface area contributed by atoms with Gasteiger partial charge in [0.25, 0.3) is 0 Å². The molecule has 2 aromatic carbocycles. The van der Waals surface area contributed by atoms with Gasteiger partial charge in [-0.15, -0.1) is 24.8 Å². The second-order valence-corrected chi connectivity index (χ2v) is 8.22. The largest absolute Gasteiger partial charge is 0.492 e. The van der Waals surface area contributed by atoms with Crippen LogP contribution >= 0.6 is 36.4 Å². The molecule has 2 aliphatic heterocycles. The van der Waals surface area contributed by atoms with Crippen molar-refractivity contribution in [1.29, 1.82) is 0 Å². The summed E-state index contributed by atoms with van der Waals surface area (Å²) in [5.74, 6) is 2.15. The molecule has 1 fully saturated rings. The summed E-state index contributed by atoms with van der Waals surface area (Å²) >= 11 is 5.92. The first-order chi connectivity index (χ1) is 14.8. The molecular formula is C24H31Cl3N2O3. The van der Waals surface area contributed by atoms with E-state index in [2.05, 4.69) is 40.1 Å². The summed E-state index contributed by atoms with van der Waals surface area (Å²) in [6.07, 6.45) is 2.75. The van der Waals surface area contributed by atoms with Crippen LogP contribution in [0.15, 0.2) is 66.6 Å². The van der Waals surface area contributed by atoms with Gasteiger partial charge in [-0.1, -0.05) is 41.9 Å². The molecule has 0 amide bonds. The van der Waals surface area contributed by atoms with E-state index in [4.69, 9.17) is 25.8 Å². The molecule has 0 aromatic heterocycles. The van der Waals surface area contributed by atoms with Gasteiger partial charge in [-0.2, -0.15) is 0 Å². The van der Waals surface area contributed by atoms with Crippen LogP contribution in [-0.2, 0) is 15.9 Å². The highest BCUT2D eigenvalue weighted by atomic mass is 35.5. The molecule has 2 heterocycles.